The lowest BCUT2D eigenvalue weighted by atomic mass is 9.96. The van der Waals surface area contributed by atoms with Crippen molar-refractivity contribution >= 4 is 28.3 Å². The van der Waals surface area contributed by atoms with Gasteiger partial charge in [0.15, 0.2) is 0 Å². The maximum atomic E-state index is 13.1. The molecule has 2 N–H and O–H groups in total. The number of H-pyrrole nitrogens is 1. The van der Waals surface area contributed by atoms with E-state index in [2.05, 4.69) is 23.3 Å². The molecule has 2 aromatic heterocycles. The zero-order valence-corrected chi connectivity index (χ0v) is 18.3. The minimum atomic E-state index is -0.131. The first kappa shape index (κ1) is 20.7. The molecule has 0 spiro atoms. The average molecular weight is 424 g/mol. The van der Waals surface area contributed by atoms with Crippen LogP contribution in [0.15, 0.2) is 46.6 Å². The van der Waals surface area contributed by atoms with Gasteiger partial charge in [-0.1, -0.05) is 38.3 Å². The smallest absolute Gasteiger partial charge is 0.318 e. The summed E-state index contributed by atoms with van der Waals surface area (Å²) in [4.78, 5) is 31.7. The van der Waals surface area contributed by atoms with Crippen molar-refractivity contribution in [1.82, 2.24) is 15.2 Å². The van der Waals surface area contributed by atoms with Crippen LogP contribution in [-0.2, 0) is 19.5 Å². The molecule has 0 saturated heterocycles. The molecule has 1 aromatic carbocycles. The predicted octanol–water partition coefficient (Wildman–Crippen LogP) is 5.20. The topological polar surface area (TPSA) is 65.2 Å². The van der Waals surface area contributed by atoms with Gasteiger partial charge in [0.25, 0.3) is 5.56 Å². The Labute approximate surface area is 181 Å². The molecule has 1 saturated carbocycles. The number of rotatable bonds is 6. The molecule has 30 heavy (non-hydrogen) atoms. The first-order chi connectivity index (χ1) is 14.6. The highest BCUT2D eigenvalue weighted by atomic mass is 32.1. The number of aromatic amines is 1. The van der Waals surface area contributed by atoms with Crippen LogP contribution >= 0.6 is 11.3 Å². The number of aromatic nitrogens is 1. The SMILES string of the molecule is CCc1ccc2[nH]c(=O)c(CN(Cc3cccs3)C(=O)NC3CCCCC3)cc2c1. The number of aryl methyl sites for hydroxylation is 1. The van der Waals surface area contributed by atoms with Crippen molar-refractivity contribution < 1.29 is 4.79 Å². The summed E-state index contributed by atoms with van der Waals surface area (Å²) < 4.78 is 0. The van der Waals surface area contributed by atoms with Crippen molar-refractivity contribution in [2.45, 2.75) is 64.6 Å². The van der Waals surface area contributed by atoms with E-state index < -0.39 is 0 Å². The molecule has 2 amide bonds. The van der Waals surface area contributed by atoms with Crippen LogP contribution < -0.4 is 10.9 Å². The van der Waals surface area contributed by atoms with Gasteiger partial charge in [0.1, 0.15) is 0 Å². The number of amides is 2. The van der Waals surface area contributed by atoms with Gasteiger partial charge in [-0.2, -0.15) is 0 Å². The number of nitrogens with zero attached hydrogens (tertiary/aromatic N) is 1. The molecule has 0 unspecified atom stereocenters. The minimum absolute atomic E-state index is 0.0860. The van der Waals surface area contributed by atoms with Crippen molar-refractivity contribution in [1.29, 1.82) is 0 Å². The van der Waals surface area contributed by atoms with E-state index >= 15 is 0 Å². The molecule has 158 valence electrons. The Balaban J connectivity index is 1.59. The second-order valence-electron chi connectivity index (χ2n) is 8.12. The lowest BCUT2D eigenvalue weighted by Crippen LogP contribution is -2.45. The van der Waals surface area contributed by atoms with Gasteiger partial charge in [-0.05, 0) is 59.9 Å². The largest absolute Gasteiger partial charge is 0.335 e. The van der Waals surface area contributed by atoms with Gasteiger partial charge in [0.2, 0.25) is 0 Å². The van der Waals surface area contributed by atoms with E-state index in [1.807, 2.05) is 35.7 Å². The molecule has 1 fully saturated rings. The quantitative estimate of drug-likeness (QED) is 0.572. The first-order valence-electron chi connectivity index (χ1n) is 10.8. The Morgan fingerprint density at radius 2 is 2.00 bits per heavy atom. The van der Waals surface area contributed by atoms with Crippen molar-refractivity contribution in [3.05, 3.63) is 68.1 Å². The van der Waals surface area contributed by atoms with Crippen molar-refractivity contribution in [3.8, 4) is 0 Å². The van der Waals surface area contributed by atoms with Crippen LogP contribution in [0.2, 0.25) is 0 Å². The maximum Gasteiger partial charge on any atom is 0.318 e. The van der Waals surface area contributed by atoms with Crippen molar-refractivity contribution in [3.63, 3.8) is 0 Å². The highest BCUT2D eigenvalue weighted by Crippen LogP contribution is 2.20. The number of urea groups is 1. The van der Waals surface area contributed by atoms with E-state index in [0.29, 0.717) is 12.1 Å². The van der Waals surface area contributed by atoms with Gasteiger partial charge in [-0.25, -0.2) is 4.79 Å². The molecule has 3 aromatic rings. The number of hydrogen-bond acceptors (Lipinski definition) is 3. The maximum absolute atomic E-state index is 13.1. The predicted molar refractivity (Wildman–Crippen MR) is 123 cm³/mol. The summed E-state index contributed by atoms with van der Waals surface area (Å²) in [6, 6.07) is 12.2. The highest BCUT2D eigenvalue weighted by Gasteiger charge is 2.21. The Morgan fingerprint density at radius 1 is 1.17 bits per heavy atom. The van der Waals surface area contributed by atoms with E-state index in [-0.39, 0.29) is 24.2 Å². The summed E-state index contributed by atoms with van der Waals surface area (Å²) in [6.45, 7) is 2.91. The molecular formula is C24H29N3O2S. The van der Waals surface area contributed by atoms with Crippen LogP contribution in [-0.4, -0.2) is 22.0 Å². The summed E-state index contributed by atoms with van der Waals surface area (Å²) in [5.41, 5.74) is 2.54. The highest BCUT2D eigenvalue weighted by molar-refractivity contribution is 7.09. The molecular weight excluding hydrogens is 394 g/mol. The van der Waals surface area contributed by atoms with Gasteiger partial charge >= 0.3 is 6.03 Å². The van der Waals surface area contributed by atoms with Crippen LogP contribution in [0, 0.1) is 0 Å². The summed E-state index contributed by atoms with van der Waals surface area (Å²) in [5.74, 6) is 0. The number of hydrogen-bond donors (Lipinski definition) is 2. The van der Waals surface area contributed by atoms with Crippen LogP contribution in [0.5, 0.6) is 0 Å². The molecule has 2 heterocycles. The molecule has 4 rings (SSSR count). The van der Waals surface area contributed by atoms with Gasteiger partial charge in [-0.3, -0.25) is 4.79 Å². The van der Waals surface area contributed by atoms with Crippen LogP contribution in [0.3, 0.4) is 0 Å². The summed E-state index contributed by atoms with van der Waals surface area (Å²) in [6.07, 6.45) is 6.60. The Morgan fingerprint density at radius 3 is 2.73 bits per heavy atom. The zero-order chi connectivity index (χ0) is 20.9. The molecule has 5 nitrogen and oxygen atoms in total. The van der Waals surface area contributed by atoms with E-state index in [9.17, 15) is 9.59 Å². The number of carbonyl (C=O) groups excluding carboxylic acids is 1. The second-order valence-corrected chi connectivity index (χ2v) is 9.15. The summed E-state index contributed by atoms with van der Waals surface area (Å²) in [5, 5.41) is 6.23. The molecule has 0 bridgehead atoms. The minimum Gasteiger partial charge on any atom is -0.335 e. The van der Waals surface area contributed by atoms with Crippen molar-refractivity contribution in [2.75, 3.05) is 0 Å². The monoisotopic (exact) mass is 423 g/mol. The molecule has 1 aliphatic rings. The number of pyridine rings is 1. The number of nitrogens with one attached hydrogen (secondary N) is 2. The zero-order valence-electron chi connectivity index (χ0n) is 17.4. The second kappa shape index (κ2) is 9.47. The Bertz CT molecular complexity index is 1050. The number of benzene rings is 1. The molecule has 1 aliphatic carbocycles. The fraction of sp³-hybridized carbons (Fsp3) is 0.417. The lowest BCUT2D eigenvalue weighted by Gasteiger charge is -2.28. The fourth-order valence-electron chi connectivity index (χ4n) is 4.15. The number of carbonyl (C=O) groups is 1. The number of fused-ring (bicyclic) bond motifs is 1. The normalized spacial score (nSPS) is 14.7. The summed E-state index contributed by atoms with van der Waals surface area (Å²) in [7, 11) is 0. The summed E-state index contributed by atoms with van der Waals surface area (Å²) >= 11 is 1.63. The fourth-order valence-corrected chi connectivity index (χ4v) is 4.87. The molecule has 0 aliphatic heterocycles. The standard InChI is InChI=1S/C24H29N3O2S/c1-2-17-10-11-22-18(13-17)14-19(23(28)26-22)15-27(16-21-9-6-12-30-21)24(29)25-20-7-4-3-5-8-20/h6,9-14,20H,2-5,7-8,15-16H2,1H3,(H,25,29)(H,26,28). The van der Waals surface area contributed by atoms with E-state index in [4.69, 9.17) is 0 Å². The average Bonchev–Trinajstić information content (AvgIpc) is 3.27. The molecule has 6 heteroatoms. The van der Waals surface area contributed by atoms with Crippen molar-refractivity contribution in [2.24, 2.45) is 0 Å². The Hall–Kier alpha value is -2.60. The van der Waals surface area contributed by atoms with E-state index in [1.54, 1.807) is 16.2 Å². The van der Waals surface area contributed by atoms with Crippen LogP contribution in [0.4, 0.5) is 4.79 Å². The third-order valence-electron chi connectivity index (χ3n) is 5.90. The van der Waals surface area contributed by atoms with Gasteiger partial charge in [-0.15, -0.1) is 11.3 Å². The first-order valence-corrected chi connectivity index (χ1v) is 11.7. The van der Waals surface area contributed by atoms with E-state index in [1.165, 1.54) is 24.8 Å². The van der Waals surface area contributed by atoms with Crippen LogP contribution in [0.25, 0.3) is 10.9 Å². The number of thiophene rings is 1. The Kier molecular flexibility index (Phi) is 6.53. The van der Waals surface area contributed by atoms with Gasteiger partial charge < -0.3 is 15.2 Å². The van der Waals surface area contributed by atoms with Crippen LogP contribution in [0.1, 0.15) is 55.0 Å². The molecule has 0 atom stereocenters. The third-order valence-corrected chi connectivity index (χ3v) is 6.76. The van der Waals surface area contributed by atoms with Gasteiger partial charge in [0.05, 0.1) is 13.1 Å². The van der Waals surface area contributed by atoms with E-state index in [0.717, 1.165) is 35.0 Å². The molecule has 0 radical (unpaired) electrons. The third kappa shape index (κ3) is 4.93. The lowest BCUT2D eigenvalue weighted by molar-refractivity contribution is 0.185. The van der Waals surface area contributed by atoms with Gasteiger partial charge in [0, 0.05) is 22.0 Å².